The molecule has 1 rings (SSSR count). The molecular weight excluding hydrogens is 486 g/mol. The molecule has 0 spiro atoms. The normalized spacial score (nSPS) is 12.1. The third kappa shape index (κ3) is 9.26. The van der Waals surface area contributed by atoms with Crippen LogP contribution < -0.4 is 0 Å². The zero-order chi connectivity index (χ0) is 25.1. The summed E-state index contributed by atoms with van der Waals surface area (Å²) in [5.74, 6) is 5.47. The number of nitro benzene ring substituents is 3. The maximum absolute atomic E-state index is 10.8. The average molecular weight is 514 g/mol. The van der Waals surface area contributed by atoms with E-state index in [1.165, 1.54) is 35.9 Å². The third-order valence-electron chi connectivity index (χ3n) is 4.22. The number of non-ortho nitro benzene ring substituents is 1. The fourth-order valence-electron chi connectivity index (χ4n) is 2.81. The number of hydrogen-bond donors (Lipinski definition) is 0. The SMILES string of the molecule is CCCC(CSCC)[S+](CC)CC.O=[N+]([O-])c1cc([N+](=O)[O-])c(S(=O)(=O)[O-])c([N+](=O)[O-])c1. The van der Waals surface area contributed by atoms with Gasteiger partial charge in [-0.25, -0.2) is 8.42 Å². The predicted molar refractivity (Wildman–Crippen MR) is 125 cm³/mol. The van der Waals surface area contributed by atoms with Crippen molar-refractivity contribution >= 4 is 49.8 Å². The first-order valence-corrected chi connectivity index (χ1v) is 13.8. The first kappa shape index (κ1) is 30.0. The monoisotopic (exact) mass is 513 g/mol. The summed E-state index contributed by atoms with van der Waals surface area (Å²) in [6.45, 7) is 9.29. The van der Waals surface area contributed by atoms with Crippen molar-refractivity contribution in [2.24, 2.45) is 0 Å². The van der Waals surface area contributed by atoms with Crippen molar-refractivity contribution in [1.29, 1.82) is 0 Å². The first-order chi connectivity index (χ1) is 14.8. The fourth-order valence-corrected chi connectivity index (χ4v) is 7.23. The summed E-state index contributed by atoms with van der Waals surface area (Å²) in [4.78, 5) is 25.8. The maximum Gasteiger partial charge on any atom is 0.300 e. The lowest BCUT2D eigenvalue weighted by atomic mass is 10.2. The molecule has 0 fully saturated rings. The zero-order valence-corrected chi connectivity index (χ0v) is 20.7. The third-order valence-corrected chi connectivity index (χ3v) is 9.22. The summed E-state index contributed by atoms with van der Waals surface area (Å²) >= 11 is 2.12. The highest BCUT2D eigenvalue weighted by Gasteiger charge is 2.34. The van der Waals surface area contributed by atoms with Gasteiger partial charge in [0.15, 0.2) is 0 Å². The minimum Gasteiger partial charge on any atom is -0.744 e. The molecule has 0 amide bonds. The molecule has 0 heterocycles. The molecule has 1 unspecified atom stereocenters. The standard InChI is InChI=1S/C11H25S2.C6H3N3O9S/c1-5-9-11(10-12-6-2)13(7-3)8-4;10-7(11)3-1-4(8(12)13)6(19(16,17)18)5(2-3)9(14)15/h11H,5-10H2,1-4H3;1-2H,(H,16,17,18)/q+1;/p-1. The summed E-state index contributed by atoms with van der Waals surface area (Å²) in [5, 5.41) is 32.6. The molecule has 0 radical (unpaired) electrons. The molecule has 1 atom stereocenters. The second-order valence-electron chi connectivity index (χ2n) is 6.22. The molecule has 182 valence electrons. The van der Waals surface area contributed by atoms with E-state index in [4.69, 9.17) is 0 Å². The number of hydrogen-bond acceptors (Lipinski definition) is 10. The molecule has 1 aromatic rings. The first-order valence-electron chi connectivity index (χ1n) is 9.66. The zero-order valence-electron chi connectivity index (χ0n) is 18.2. The minimum atomic E-state index is -5.55. The van der Waals surface area contributed by atoms with Crippen LogP contribution in [0.1, 0.15) is 40.5 Å². The molecular formula is C17H27N3O9S3. The average Bonchev–Trinajstić information content (AvgIpc) is 2.71. The second kappa shape index (κ2) is 14.2. The van der Waals surface area contributed by atoms with E-state index in [9.17, 15) is 43.3 Å². The quantitative estimate of drug-likeness (QED) is 0.172. The van der Waals surface area contributed by atoms with Gasteiger partial charge in [-0.05, 0) is 36.9 Å². The molecule has 0 bridgehead atoms. The van der Waals surface area contributed by atoms with Gasteiger partial charge in [0.05, 0.1) is 26.9 Å². The van der Waals surface area contributed by atoms with Crippen molar-refractivity contribution < 1.29 is 27.7 Å². The molecule has 12 nitrogen and oxygen atoms in total. The molecule has 0 aliphatic heterocycles. The van der Waals surface area contributed by atoms with Gasteiger partial charge in [0.1, 0.15) is 26.9 Å². The van der Waals surface area contributed by atoms with Gasteiger partial charge >= 0.3 is 11.4 Å². The van der Waals surface area contributed by atoms with Crippen LogP contribution >= 0.6 is 11.8 Å². The number of nitro groups is 3. The van der Waals surface area contributed by atoms with E-state index in [0.717, 1.165) is 5.25 Å². The van der Waals surface area contributed by atoms with Crippen molar-refractivity contribution in [2.75, 3.05) is 23.0 Å². The van der Waals surface area contributed by atoms with E-state index in [0.29, 0.717) is 10.9 Å². The molecule has 0 aromatic heterocycles. The van der Waals surface area contributed by atoms with E-state index in [2.05, 4.69) is 39.5 Å². The van der Waals surface area contributed by atoms with Crippen LogP contribution in [0.4, 0.5) is 17.1 Å². The smallest absolute Gasteiger partial charge is 0.300 e. The van der Waals surface area contributed by atoms with Crippen LogP contribution in [0.3, 0.4) is 0 Å². The van der Waals surface area contributed by atoms with Gasteiger partial charge in [-0.2, -0.15) is 11.8 Å². The lowest BCUT2D eigenvalue weighted by Crippen LogP contribution is -2.27. The van der Waals surface area contributed by atoms with E-state index < -0.39 is 46.8 Å². The Labute approximate surface area is 193 Å². The van der Waals surface area contributed by atoms with Crippen LogP contribution in [-0.4, -0.2) is 56.0 Å². The van der Waals surface area contributed by atoms with Crippen molar-refractivity contribution in [3.63, 3.8) is 0 Å². The van der Waals surface area contributed by atoms with E-state index >= 15 is 0 Å². The largest absolute Gasteiger partial charge is 0.744 e. The highest BCUT2D eigenvalue weighted by molar-refractivity contribution is 8.02. The molecule has 0 saturated carbocycles. The molecule has 32 heavy (non-hydrogen) atoms. The highest BCUT2D eigenvalue weighted by Crippen LogP contribution is 2.36. The second-order valence-corrected chi connectivity index (χ2v) is 11.8. The van der Waals surface area contributed by atoms with Crippen LogP contribution in [-0.2, 0) is 21.0 Å². The lowest BCUT2D eigenvalue weighted by Gasteiger charge is -2.16. The van der Waals surface area contributed by atoms with Crippen molar-refractivity contribution in [3.05, 3.63) is 42.5 Å². The van der Waals surface area contributed by atoms with Crippen molar-refractivity contribution in [2.45, 2.75) is 50.7 Å². The van der Waals surface area contributed by atoms with E-state index in [1.807, 2.05) is 0 Å². The van der Waals surface area contributed by atoms with E-state index in [-0.39, 0.29) is 12.1 Å². The predicted octanol–water partition coefficient (Wildman–Crippen LogP) is 3.88. The van der Waals surface area contributed by atoms with Gasteiger partial charge in [-0.3, -0.25) is 30.3 Å². The van der Waals surface area contributed by atoms with Crippen LogP contribution in [0.5, 0.6) is 0 Å². The Morgan fingerprint density at radius 2 is 1.41 bits per heavy atom. The van der Waals surface area contributed by atoms with Gasteiger partial charge < -0.3 is 4.55 Å². The molecule has 15 heteroatoms. The summed E-state index contributed by atoms with van der Waals surface area (Å²) < 4.78 is 32.5. The summed E-state index contributed by atoms with van der Waals surface area (Å²) in [5.41, 5.74) is -4.11. The summed E-state index contributed by atoms with van der Waals surface area (Å²) in [7, 11) is -4.85. The molecule has 0 aliphatic rings. The number of benzene rings is 1. The minimum absolute atomic E-state index is 0.164. The van der Waals surface area contributed by atoms with Gasteiger partial charge in [-0.1, -0.05) is 20.3 Å². The van der Waals surface area contributed by atoms with E-state index in [1.54, 1.807) is 0 Å². The highest BCUT2D eigenvalue weighted by atomic mass is 32.2. The Kier molecular flexibility index (Phi) is 13.4. The molecule has 0 aliphatic carbocycles. The lowest BCUT2D eigenvalue weighted by molar-refractivity contribution is -0.407. The fraction of sp³-hybridized carbons (Fsp3) is 0.647. The van der Waals surface area contributed by atoms with Gasteiger partial charge in [0, 0.05) is 5.75 Å². The van der Waals surface area contributed by atoms with Crippen LogP contribution in [0.2, 0.25) is 0 Å². The molecule has 1 aromatic carbocycles. The Morgan fingerprint density at radius 3 is 1.69 bits per heavy atom. The van der Waals surface area contributed by atoms with Crippen molar-refractivity contribution in [1.82, 2.24) is 0 Å². The Morgan fingerprint density at radius 1 is 0.938 bits per heavy atom. The molecule has 0 saturated heterocycles. The molecule has 0 N–H and O–H groups in total. The maximum atomic E-state index is 10.8. The number of thioether (sulfide) groups is 1. The Hall–Kier alpha value is -1.97. The van der Waals surface area contributed by atoms with Gasteiger partial charge in [-0.15, -0.1) is 0 Å². The van der Waals surface area contributed by atoms with Gasteiger partial charge in [0.25, 0.3) is 5.69 Å². The van der Waals surface area contributed by atoms with Crippen LogP contribution in [0.15, 0.2) is 17.0 Å². The Balaban J connectivity index is 0.000000649. The van der Waals surface area contributed by atoms with Gasteiger partial charge in [0.2, 0.25) is 4.90 Å². The summed E-state index contributed by atoms with van der Waals surface area (Å²) in [6.07, 6.45) is 2.80. The Bertz CT molecular complexity index is 871. The number of nitrogens with zero attached hydrogens (tertiary/aromatic N) is 3. The van der Waals surface area contributed by atoms with Crippen LogP contribution in [0, 0.1) is 30.3 Å². The summed E-state index contributed by atoms with van der Waals surface area (Å²) in [6, 6.07) is 0.329. The van der Waals surface area contributed by atoms with Crippen LogP contribution in [0.25, 0.3) is 0 Å². The van der Waals surface area contributed by atoms with Crippen molar-refractivity contribution in [3.8, 4) is 0 Å². The number of rotatable bonds is 12. The topological polar surface area (TPSA) is 187 Å².